The van der Waals surface area contributed by atoms with Crippen LogP contribution in [-0.4, -0.2) is 9.55 Å². The lowest BCUT2D eigenvalue weighted by molar-refractivity contribution is 0.437. The van der Waals surface area contributed by atoms with E-state index in [0.717, 1.165) is 22.1 Å². The summed E-state index contributed by atoms with van der Waals surface area (Å²) in [7, 11) is 0. The molecular formula is C21H19FN2O2. The lowest BCUT2D eigenvalue weighted by Gasteiger charge is -2.35. The standard InChI is InChI=1S/C21H19FN2O2/c1-3-21(2)12-13-8-4-5-9-14(13)18-17(21)19(25)24(20(26)23-18)16-11-7-6-10-15(16)22/h4-11H,3,12H2,1-2H3,(H,23,26)/t21-/m0/s1. The van der Waals surface area contributed by atoms with Crippen molar-refractivity contribution in [2.75, 3.05) is 0 Å². The van der Waals surface area contributed by atoms with E-state index in [9.17, 15) is 14.0 Å². The van der Waals surface area contributed by atoms with E-state index in [4.69, 9.17) is 0 Å². The van der Waals surface area contributed by atoms with Crippen LogP contribution in [0.1, 0.15) is 31.4 Å². The van der Waals surface area contributed by atoms with Crippen LogP contribution in [0.5, 0.6) is 0 Å². The molecule has 0 unspecified atom stereocenters. The number of nitrogens with zero attached hydrogens (tertiary/aromatic N) is 1. The third-order valence-electron chi connectivity index (χ3n) is 5.45. The SMILES string of the molecule is CC[C@@]1(C)Cc2ccccc2-c2[nH]c(=O)n(-c3ccccc3F)c(=O)c21. The van der Waals surface area contributed by atoms with Gasteiger partial charge in [-0.25, -0.2) is 13.8 Å². The average molecular weight is 350 g/mol. The first-order chi connectivity index (χ1) is 12.5. The van der Waals surface area contributed by atoms with E-state index in [-0.39, 0.29) is 5.69 Å². The van der Waals surface area contributed by atoms with Crippen molar-refractivity contribution in [2.45, 2.75) is 32.1 Å². The smallest absolute Gasteiger partial charge is 0.306 e. The summed E-state index contributed by atoms with van der Waals surface area (Å²) in [5, 5.41) is 0. The molecule has 1 aliphatic carbocycles. The third kappa shape index (κ3) is 2.27. The van der Waals surface area contributed by atoms with Gasteiger partial charge in [0, 0.05) is 16.5 Å². The number of halogens is 1. The van der Waals surface area contributed by atoms with Gasteiger partial charge in [0.25, 0.3) is 5.56 Å². The molecule has 26 heavy (non-hydrogen) atoms. The van der Waals surface area contributed by atoms with E-state index in [1.54, 1.807) is 6.07 Å². The zero-order chi connectivity index (χ0) is 18.5. The Bertz CT molecular complexity index is 1130. The number of benzene rings is 2. The Balaban J connectivity index is 2.12. The Hall–Kier alpha value is -2.95. The molecule has 0 aliphatic heterocycles. The van der Waals surface area contributed by atoms with E-state index in [1.165, 1.54) is 18.2 Å². The average Bonchev–Trinajstić information content (AvgIpc) is 2.63. The van der Waals surface area contributed by atoms with Crippen molar-refractivity contribution in [1.29, 1.82) is 0 Å². The molecule has 1 atom stereocenters. The van der Waals surface area contributed by atoms with Gasteiger partial charge in [-0.1, -0.05) is 50.2 Å². The fourth-order valence-electron chi connectivity index (χ4n) is 3.88. The summed E-state index contributed by atoms with van der Waals surface area (Å²) < 4.78 is 15.2. The monoisotopic (exact) mass is 350 g/mol. The first-order valence-electron chi connectivity index (χ1n) is 8.69. The topological polar surface area (TPSA) is 54.9 Å². The van der Waals surface area contributed by atoms with Crippen molar-refractivity contribution in [3.05, 3.63) is 86.3 Å². The van der Waals surface area contributed by atoms with Gasteiger partial charge in [-0.15, -0.1) is 0 Å². The van der Waals surface area contributed by atoms with Crippen LogP contribution in [-0.2, 0) is 11.8 Å². The Morgan fingerprint density at radius 2 is 1.81 bits per heavy atom. The fourth-order valence-corrected chi connectivity index (χ4v) is 3.88. The maximum Gasteiger partial charge on any atom is 0.333 e. The number of aromatic amines is 1. The molecular weight excluding hydrogens is 331 g/mol. The fraction of sp³-hybridized carbons (Fsp3) is 0.238. The van der Waals surface area contributed by atoms with E-state index in [0.29, 0.717) is 17.7 Å². The Morgan fingerprint density at radius 1 is 1.12 bits per heavy atom. The first-order valence-corrected chi connectivity index (χ1v) is 8.69. The maximum atomic E-state index is 14.3. The van der Waals surface area contributed by atoms with Crippen LogP contribution >= 0.6 is 0 Å². The van der Waals surface area contributed by atoms with Gasteiger partial charge in [0.2, 0.25) is 0 Å². The second kappa shape index (κ2) is 5.80. The van der Waals surface area contributed by atoms with Crippen LogP contribution in [0, 0.1) is 5.82 Å². The molecule has 0 saturated carbocycles. The number of H-pyrrole nitrogens is 1. The Kier molecular flexibility index (Phi) is 3.68. The summed E-state index contributed by atoms with van der Waals surface area (Å²) >= 11 is 0. The van der Waals surface area contributed by atoms with Gasteiger partial charge >= 0.3 is 5.69 Å². The number of rotatable bonds is 2. The van der Waals surface area contributed by atoms with Crippen molar-refractivity contribution in [2.24, 2.45) is 0 Å². The van der Waals surface area contributed by atoms with Gasteiger partial charge in [0.15, 0.2) is 0 Å². The predicted octanol–water partition coefficient (Wildman–Crippen LogP) is 3.56. The first kappa shape index (κ1) is 16.5. The van der Waals surface area contributed by atoms with Crippen LogP contribution in [0.3, 0.4) is 0 Å². The van der Waals surface area contributed by atoms with E-state index in [1.807, 2.05) is 38.1 Å². The van der Waals surface area contributed by atoms with Gasteiger partial charge in [0.1, 0.15) is 5.82 Å². The molecule has 4 rings (SSSR count). The summed E-state index contributed by atoms with van der Waals surface area (Å²) in [6.45, 7) is 4.04. The summed E-state index contributed by atoms with van der Waals surface area (Å²) in [6.07, 6.45) is 1.43. The molecule has 0 fully saturated rings. The van der Waals surface area contributed by atoms with Crippen molar-refractivity contribution in [3.8, 4) is 16.9 Å². The van der Waals surface area contributed by atoms with Crippen molar-refractivity contribution in [1.82, 2.24) is 9.55 Å². The highest BCUT2D eigenvalue weighted by molar-refractivity contribution is 5.71. The van der Waals surface area contributed by atoms with E-state index in [2.05, 4.69) is 4.98 Å². The number of para-hydroxylation sites is 1. The molecule has 0 spiro atoms. The molecule has 4 nitrogen and oxygen atoms in total. The van der Waals surface area contributed by atoms with Crippen molar-refractivity contribution >= 4 is 0 Å². The zero-order valence-corrected chi connectivity index (χ0v) is 14.7. The number of fused-ring (bicyclic) bond motifs is 3. The van der Waals surface area contributed by atoms with Gasteiger partial charge in [-0.3, -0.25) is 4.79 Å². The van der Waals surface area contributed by atoms with Gasteiger partial charge in [-0.2, -0.15) is 0 Å². The molecule has 1 heterocycles. The highest BCUT2D eigenvalue weighted by Gasteiger charge is 2.37. The quantitative estimate of drug-likeness (QED) is 0.768. The van der Waals surface area contributed by atoms with Gasteiger partial charge in [-0.05, 0) is 30.5 Å². The molecule has 3 aromatic rings. The predicted molar refractivity (Wildman–Crippen MR) is 99.4 cm³/mol. The van der Waals surface area contributed by atoms with Gasteiger partial charge < -0.3 is 4.98 Å². The van der Waals surface area contributed by atoms with Crippen LogP contribution in [0.25, 0.3) is 16.9 Å². The lowest BCUT2D eigenvalue weighted by atomic mass is 9.69. The summed E-state index contributed by atoms with van der Waals surface area (Å²) in [5.41, 5.74) is 1.52. The van der Waals surface area contributed by atoms with Gasteiger partial charge in [0.05, 0.1) is 11.4 Å². The minimum Gasteiger partial charge on any atom is -0.306 e. The molecule has 0 saturated heterocycles. The van der Waals surface area contributed by atoms with Crippen LogP contribution in [0.2, 0.25) is 0 Å². The number of hydrogen-bond acceptors (Lipinski definition) is 2. The van der Waals surface area contributed by atoms with Crippen LogP contribution in [0.15, 0.2) is 58.1 Å². The molecule has 0 bridgehead atoms. The molecule has 5 heteroatoms. The van der Waals surface area contributed by atoms with Crippen LogP contribution in [0.4, 0.5) is 4.39 Å². The van der Waals surface area contributed by atoms with E-state index >= 15 is 0 Å². The Labute approximate surface area is 150 Å². The van der Waals surface area contributed by atoms with Crippen molar-refractivity contribution < 1.29 is 4.39 Å². The molecule has 2 aromatic carbocycles. The molecule has 1 N–H and O–H groups in total. The summed E-state index contributed by atoms with van der Waals surface area (Å²) in [5.74, 6) is -0.602. The largest absolute Gasteiger partial charge is 0.333 e. The molecule has 0 radical (unpaired) electrons. The number of nitrogens with one attached hydrogen (secondary N) is 1. The summed E-state index contributed by atoms with van der Waals surface area (Å²) in [6, 6.07) is 13.6. The van der Waals surface area contributed by atoms with Crippen LogP contribution < -0.4 is 11.2 Å². The normalized spacial score (nSPS) is 18.3. The second-order valence-electron chi connectivity index (χ2n) is 7.02. The van der Waals surface area contributed by atoms with E-state index < -0.39 is 22.5 Å². The summed E-state index contributed by atoms with van der Waals surface area (Å²) in [4.78, 5) is 28.9. The lowest BCUT2D eigenvalue weighted by Crippen LogP contribution is -2.44. The minimum atomic E-state index is -0.631. The molecule has 1 aliphatic rings. The number of hydrogen-bond donors (Lipinski definition) is 1. The maximum absolute atomic E-state index is 14.3. The Morgan fingerprint density at radius 3 is 2.54 bits per heavy atom. The molecule has 132 valence electrons. The molecule has 0 amide bonds. The second-order valence-corrected chi connectivity index (χ2v) is 7.02. The number of aromatic nitrogens is 2. The minimum absolute atomic E-state index is 0.0288. The highest BCUT2D eigenvalue weighted by atomic mass is 19.1. The highest BCUT2D eigenvalue weighted by Crippen LogP contribution is 2.41. The zero-order valence-electron chi connectivity index (χ0n) is 14.7. The molecule has 1 aromatic heterocycles. The third-order valence-corrected chi connectivity index (χ3v) is 5.45. The van der Waals surface area contributed by atoms with Crippen molar-refractivity contribution in [3.63, 3.8) is 0 Å².